The highest BCUT2D eigenvalue weighted by molar-refractivity contribution is 9.10. The highest BCUT2D eigenvalue weighted by Gasteiger charge is 2.39. The van der Waals surface area contributed by atoms with Gasteiger partial charge in [0, 0.05) is 9.80 Å². The Morgan fingerprint density at radius 3 is 2.78 bits per heavy atom. The first-order valence-corrected chi connectivity index (χ1v) is 8.65. The molecular weight excluding hydrogens is 356 g/mol. The van der Waals surface area contributed by atoms with Gasteiger partial charge in [-0.3, -0.25) is 0 Å². The van der Waals surface area contributed by atoms with Crippen molar-refractivity contribution in [1.29, 1.82) is 0 Å². The van der Waals surface area contributed by atoms with Crippen LogP contribution in [-0.2, 0) is 5.33 Å². The summed E-state index contributed by atoms with van der Waals surface area (Å²) in [6.07, 6.45) is 5.76. The number of hydrogen-bond acceptors (Lipinski definition) is 1. The molecule has 2 aliphatic carbocycles. The van der Waals surface area contributed by atoms with Crippen molar-refractivity contribution in [2.24, 2.45) is 17.8 Å². The molecule has 2 bridgehead atoms. The third kappa shape index (κ3) is 2.62. The van der Waals surface area contributed by atoms with Crippen molar-refractivity contribution in [1.82, 2.24) is 0 Å². The van der Waals surface area contributed by atoms with Crippen molar-refractivity contribution in [3.05, 3.63) is 28.2 Å². The second-order valence-electron chi connectivity index (χ2n) is 5.63. The molecule has 0 heterocycles. The molecule has 98 valence electrons. The molecule has 0 radical (unpaired) electrons. The maximum absolute atomic E-state index is 6.00. The van der Waals surface area contributed by atoms with Gasteiger partial charge in [-0.25, -0.2) is 0 Å². The average molecular weight is 374 g/mol. The fourth-order valence-corrected chi connectivity index (χ4v) is 4.75. The number of fused-ring (bicyclic) bond motifs is 2. The van der Waals surface area contributed by atoms with E-state index in [1.807, 2.05) is 0 Å². The Labute approximate surface area is 126 Å². The zero-order valence-corrected chi connectivity index (χ0v) is 13.5. The standard InChI is InChI=1S/C15H18Br2O/c16-8-12-7-14(3-4-15(12)17)18-9-13-6-10-1-2-11(13)5-10/h3-4,7,10-11,13H,1-2,5-6,8-9H2. The molecule has 3 unspecified atom stereocenters. The van der Waals surface area contributed by atoms with Crippen LogP contribution in [0.3, 0.4) is 0 Å². The largest absolute Gasteiger partial charge is 0.493 e. The number of halogens is 2. The monoisotopic (exact) mass is 372 g/mol. The van der Waals surface area contributed by atoms with Crippen molar-refractivity contribution in [3.63, 3.8) is 0 Å². The molecule has 3 rings (SSSR count). The molecule has 0 aromatic heterocycles. The topological polar surface area (TPSA) is 9.23 Å². The van der Waals surface area contributed by atoms with Gasteiger partial charge >= 0.3 is 0 Å². The molecule has 1 aromatic carbocycles. The Hall–Kier alpha value is -0.0200. The highest BCUT2D eigenvalue weighted by Crippen LogP contribution is 2.48. The first-order chi connectivity index (χ1) is 8.76. The summed E-state index contributed by atoms with van der Waals surface area (Å²) in [5.41, 5.74) is 1.25. The van der Waals surface area contributed by atoms with Crippen LogP contribution in [-0.4, -0.2) is 6.61 Å². The first-order valence-electron chi connectivity index (χ1n) is 6.73. The van der Waals surface area contributed by atoms with Crippen LogP contribution in [0.1, 0.15) is 31.2 Å². The minimum atomic E-state index is 0.805. The van der Waals surface area contributed by atoms with Crippen LogP contribution < -0.4 is 4.74 Å². The molecule has 0 spiro atoms. The minimum absolute atomic E-state index is 0.805. The average Bonchev–Trinajstić information content (AvgIpc) is 3.00. The van der Waals surface area contributed by atoms with Crippen molar-refractivity contribution < 1.29 is 4.74 Å². The summed E-state index contributed by atoms with van der Waals surface area (Å²) < 4.78 is 7.14. The van der Waals surface area contributed by atoms with Gasteiger partial charge in [-0.15, -0.1) is 0 Å². The van der Waals surface area contributed by atoms with E-state index >= 15 is 0 Å². The van der Waals surface area contributed by atoms with E-state index in [-0.39, 0.29) is 0 Å². The normalized spacial score (nSPS) is 29.8. The van der Waals surface area contributed by atoms with E-state index in [1.54, 1.807) is 0 Å². The summed E-state index contributed by atoms with van der Waals surface area (Å²) in [5, 5.41) is 0.860. The van der Waals surface area contributed by atoms with Crippen LogP contribution >= 0.6 is 31.9 Å². The van der Waals surface area contributed by atoms with Crippen LogP contribution in [0, 0.1) is 17.8 Å². The number of rotatable bonds is 4. The minimum Gasteiger partial charge on any atom is -0.493 e. The third-order valence-electron chi connectivity index (χ3n) is 4.51. The number of benzene rings is 1. The lowest BCUT2D eigenvalue weighted by molar-refractivity contribution is 0.195. The quantitative estimate of drug-likeness (QED) is 0.662. The van der Waals surface area contributed by atoms with Crippen LogP contribution in [0.2, 0.25) is 0 Å². The van der Waals surface area contributed by atoms with Gasteiger partial charge in [-0.1, -0.05) is 38.3 Å². The summed E-state index contributed by atoms with van der Waals surface area (Å²) >= 11 is 7.05. The number of alkyl halides is 1. The molecule has 1 nitrogen and oxygen atoms in total. The lowest BCUT2D eigenvalue weighted by Gasteiger charge is -2.21. The smallest absolute Gasteiger partial charge is 0.119 e. The third-order valence-corrected chi connectivity index (χ3v) is 5.89. The lowest BCUT2D eigenvalue weighted by atomic mass is 9.89. The summed E-state index contributed by atoms with van der Waals surface area (Å²) in [6, 6.07) is 6.27. The van der Waals surface area contributed by atoms with Crippen LogP contribution in [0.15, 0.2) is 22.7 Å². The molecule has 3 heteroatoms. The van der Waals surface area contributed by atoms with Gasteiger partial charge in [0.05, 0.1) is 6.61 Å². The van der Waals surface area contributed by atoms with Crippen molar-refractivity contribution >= 4 is 31.9 Å². The van der Waals surface area contributed by atoms with Gasteiger partial charge in [0.25, 0.3) is 0 Å². The second kappa shape index (κ2) is 5.54. The van der Waals surface area contributed by atoms with Gasteiger partial charge in [0.1, 0.15) is 5.75 Å². The maximum Gasteiger partial charge on any atom is 0.119 e. The molecule has 3 atom stereocenters. The Morgan fingerprint density at radius 1 is 1.22 bits per heavy atom. The fraction of sp³-hybridized carbons (Fsp3) is 0.600. The molecule has 2 fully saturated rings. The Morgan fingerprint density at radius 2 is 2.11 bits per heavy atom. The van der Waals surface area contributed by atoms with E-state index in [2.05, 4.69) is 50.1 Å². The van der Waals surface area contributed by atoms with E-state index < -0.39 is 0 Å². The van der Waals surface area contributed by atoms with Gasteiger partial charge in [-0.05, 0) is 60.8 Å². The fourth-order valence-electron chi connectivity index (χ4n) is 3.53. The molecule has 0 N–H and O–H groups in total. The van der Waals surface area contributed by atoms with Gasteiger partial charge < -0.3 is 4.74 Å². The van der Waals surface area contributed by atoms with E-state index in [4.69, 9.17) is 4.74 Å². The van der Waals surface area contributed by atoms with Gasteiger partial charge in [-0.2, -0.15) is 0 Å². The zero-order valence-electron chi connectivity index (χ0n) is 10.4. The molecule has 0 saturated heterocycles. The van der Waals surface area contributed by atoms with Crippen LogP contribution in [0.4, 0.5) is 0 Å². The predicted molar refractivity (Wildman–Crippen MR) is 81.2 cm³/mol. The van der Waals surface area contributed by atoms with Crippen molar-refractivity contribution in [3.8, 4) is 5.75 Å². The number of ether oxygens (including phenoxy) is 1. The highest BCUT2D eigenvalue weighted by atomic mass is 79.9. The van der Waals surface area contributed by atoms with Crippen LogP contribution in [0.25, 0.3) is 0 Å². The Kier molecular flexibility index (Phi) is 4.00. The molecule has 18 heavy (non-hydrogen) atoms. The maximum atomic E-state index is 6.00. The Balaban J connectivity index is 1.60. The predicted octanol–water partition coefficient (Wildman–Crippen LogP) is 5.16. The number of hydrogen-bond donors (Lipinski definition) is 0. The lowest BCUT2D eigenvalue weighted by Crippen LogP contribution is -2.18. The van der Waals surface area contributed by atoms with E-state index in [0.29, 0.717) is 0 Å². The first kappa shape index (κ1) is 13.0. The SMILES string of the molecule is BrCc1cc(OCC2CC3CCC2C3)ccc1Br. The van der Waals surface area contributed by atoms with Gasteiger partial charge in [0.2, 0.25) is 0 Å². The van der Waals surface area contributed by atoms with Crippen molar-refractivity contribution in [2.45, 2.75) is 31.0 Å². The zero-order chi connectivity index (χ0) is 12.5. The summed E-state index contributed by atoms with van der Waals surface area (Å²) in [6.45, 7) is 0.907. The summed E-state index contributed by atoms with van der Waals surface area (Å²) in [7, 11) is 0. The van der Waals surface area contributed by atoms with E-state index in [9.17, 15) is 0 Å². The molecule has 2 aliphatic rings. The molecule has 0 aliphatic heterocycles. The molecular formula is C15H18Br2O. The van der Waals surface area contributed by atoms with Crippen molar-refractivity contribution in [2.75, 3.05) is 6.61 Å². The van der Waals surface area contributed by atoms with Gasteiger partial charge in [0.15, 0.2) is 0 Å². The summed E-state index contributed by atoms with van der Waals surface area (Å²) in [4.78, 5) is 0. The molecule has 2 saturated carbocycles. The van der Waals surface area contributed by atoms with E-state index in [0.717, 1.165) is 39.9 Å². The molecule has 1 aromatic rings. The van der Waals surface area contributed by atoms with E-state index in [1.165, 1.54) is 31.2 Å². The molecule has 0 amide bonds. The second-order valence-corrected chi connectivity index (χ2v) is 7.05. The Bertz CT molecular complexity index is 433. The van der Waals surface area contributed by atoms with Crippen LogP contribution in [0.5, 0.6) is 5.75 Å². The summed E-state index contributed by atoms with van der Waals surface area (Å²) in [5.74, 6) is 3.77.